The zero-order valence-electron chi connectivity index (χ0n) is 42.3. The highest BCUT2D eigenvalue weighted by atomic mass is 16.6. The third kappa shape index (κ3) is 51.9. The number of carbonyl (C=O) groups is 3. The van der Waals surface area contributed by atoms with Crippen LogP contribution < -0.4 is 0 Å². The summed E-state index contributed by atoms with van der Waals surface area (Å²) in [5.74, 6) is -1.03. The fourth-order valence-corrected chi connectivity index (χ4v) is 6.44. The molecule has 0 saturated carbocycles. The average Bonchev–Trinajstić information content (AvgIpc) is 3.33. The Balaban J connectivity index is 4.63. The first-order valence-electron chi connectivity index (χ1n) is 26.2. The van der Waals surface area contributed by atoms with E-state index in [9.17, 15) is 14.4 Å². The maximum atomic E-state index is 12.8. The van der Waals surface area contributed by atoms with Crippen LogP contribution in [0.1, 0.15) is 188 Å². The third-order valence-electron chi connectivity index (χ3n) is 10.3. The van der Waals surface area contributed by atoms with Gasteiger partial charge in [0.2, 0.25) is 0 Å². The molecule has 0 aromatic heterocycles. The molecule has 0 aliphatic rings. The Morgan fingerprint density at radius 3 is 0.970 bits per heavy atom. The van der Waals surface area contributed by atoms with Crippen molar-refractivity contribution >= 4 is 17.9 Å². The Morgan fingerprint density at radius 1 is 0.313 bits per heavy atom. The number of rotatable bonds is 44. The molecule has 0 amide bonds. The number of esters is 3. The van der Waals surface area contributed by atoms with Gasteiger partial charge in [-0.1, -0.05) is 243 Å². The molecule has 6 nitrogen and oxygen atoms in total. The largest absolute Gasteiger partial charge is 0.462 e. The highest BCUT2D eigenvalue weighted by Crippen LogP contribution is 2.13. The van der Waals surface area contributed by atoms with Crippen LogP contribution in [0.15, 0.2) is 158 Å². The quantitative estimate of drug-likeness (QED) is 0.0199. The van der Waals surface area contributed by atoms with E-state index in [1.165, 1.54) is 64.2 Å². The first-order chi connectivity index (χ1) is 33.0. The lowest BCUT2D eigenvalue weighted by Gasteiger charge is -2.18. The molecule has 0 rings (SSSR count). The van der Waals surface area contributed by atoms with Crippen LogP contribution >= 0.6 is 0 Å². The van der Waals surface area contributed by atoms with Crippen LogP contribution in [-0.4, -0.2) is 37.2 Å². The number of allylic oxidation sites excluding steroid dienone is 26. The van der Waals surface area contributed by atoms with Crippen molar-refractivity contribution in [2.75, 3.05) is 13.2 Å². The van der Waals surface area contributed by atoms with Crippen LogP contribution in [-0.2, 0) is 28.6 Å². The van der Waals surface area contributed by atoms with Crippen LogP contribution in [0.25, 0.3) is 0 Å². The summed E-state index contributed by atoms with van der Waals surface area (Å²) < 4.78 is 16.7. The summed E-state index contributed by atoms with van der Waals surface area (Å²) in [6.07, 6.45) is 77.9. The van der Waals surface area contributed by atoms with Crippen molar-refractivity contribution in [1.29, 1.82) is 0 Å². The van der Waals surface area contributed by atoms with E-state index in [0.29, 0.717) is 19.3 Å². The number of unbranched alkanes of at least 4 members (excludes halogenated alkanes) is 17. The predicted molar refractivity (Wildman–Crippen MR) is 288 cm³/mol. The van der Waals surface area contributed by atoms with E-state index in [-0.39, 0.29) is 44.0 Å². The molecule has 0 radical (unpaired) electrons. The molecule has 0 spiro atoms. The summed E-state index contributed by atoms with van der Waals surface area (Å²) in [6, 6.07) is 0. The van der Waals surface area contributed by atoms with E-state index >= 15 is 0 Å². The maximum Gasteiger partial charge on any atom is 0.306 e. The molecule has 0 saturated heterocycles. The number of hydrogen-bond donors (Lipinski definition) is 0. The van der Waals surface area contributed by atoms with Crippen LogP contribution in [0.5, 0.6) is 0 Å². The molecule has 0 heterocycles. The number of hydrogen-bond acceptors (Lipinski definition) is 6. The molecule has 0 bridgehead atoms. The van der Waals surface area contributed by atoms with Crippen LogP contribution in [0.4, 0.5) is 0 Å². The highest BCUT2D eigenvalue weighted by molar-refractivity contribution is 5.71. The molecule has 67 heavy (non-hydrogen) atoms. The minimum atomic E-state index is -0.830. The van der Waals surface area contributed by atoms with Crippen LogP contribution in [0.2, 0.25) is 0 Å². The van der Waals surface area contributed by atoms with Gasteiger partial charge in [-0.3, -0.25) is 14.4 Å². The van der Waals surface area contributed by atoms with E-state index < -0.39 is 6.10 Å². The lowest BCUT2D eigenvalue weighted by molar-refractivity contribution is -0.167. The zero-order chi connectivity index (χ0) is 48.6. The molecule has 0 aliphatic carbocycles. The van der Waals surface area contributed by atoms with Gasteiger partial charge < -0.3 is 14.2 Å². The molecule has 1 atom stereocenters. The summed E-state index contributed by atoms with van der Waals surface area (Å²) in [6.45, 7) is 6.23. The lowest BCUT2D eigenvalue weighted by Crippen LogP contribution is -2.30. The van der Waals surface area contributed by atoms with Crippen molar-refractivity contribution in [3.8, 4) is 0 Å². The van der Waals surface area contributed by atoms with Gasteiger partial charge in [-0.2, -0.15) is 0 Å². The summed E-state index contributed by atoms with van der Waals surface area (Å²) in [5, 5.41) is 0. The van der Waals surface area contributed by atoms with Gasteiger partial charge in [0.05, 0.1) is 0 Å². The van der Waals surface area contributed by atoms with Gasteiger partial charge >= 0.3 is 17.9 Å². The Morgan fingerprint density at radius 2 is 0.597 bits per heavy atom. The van der Waals surface area contributed by atoms with Gasteiger partial charge in [0.25, 0.3) is 0 Å². The molecular formula is C61H92O6. The second kappa shape index (κ2) is 53.6. The minimum absolute atomic E-state index is 0.121. The average molecular weight is 921 g/mol. The highest BCUT2D eigenvalue weighted by Gasteiger charge is 2.19. The Hall–Kier alpha value is -4.97. The normalized spacial score (nSPS) is 13.4. The third-order valence-corrected chi connectivity index (χ3v) is 10.3. The Bertz CT molecular complexity index is 1570. The summed E-state index contributed by atoms with van der Waals surface area (Å²) in [5.41, 5.74) is 0. The topological polar surface area (TPSA) is 78.9 Å². The number of carbonyl (C=O) groups excluding carboxylic acids is 3. The van der Waals surface area contributed by atoms with E-state index in [1.54, 1.807) is 0 Å². The van der Waals surface area contributed by atoms with Gasteiger partial charge in [0.1, 0.15) is 13.2 Å². The maximum absolute atomic E-state index is 12.8. The molecule has 0 aromatic rings. The minimum Gasteiger partial charge on any atom is -0.462 e. The molecule has 6 heteroatoms. The van der Waals surface area contributed by atoms with Gasteiger partial charge in [-0.25, -0.2) is 0 Å². The van der Waals surface area contributed by atoms with Gasteiger partial charge in [-0.05, 0) is 83.5 Å². The van der Waals surface area contributed by atoms with Gasteiger partial charge in [0.15, 0.2) is 6.10 Å². The van der Waals surface area contributed by atoms with Crippen molar-refractivity contribution in [3.05, 3.63) is 158 Å². The zero-order valence-corrected chi connectivity index (χ0v) is 42.3. The van der Waals surface area contributed by atoms with Gasteiger partial charge in [-0.15, -0.1) is 0 Å². The van der Waals surface area contributed by atoms with E-state index in [2.05, 4.69) is 57.2 Å². The second-order valence-electron chi connectivity index (χ2n) is 16.6. The summed E-state index contributed by atoms with van der Waals surface area (Å²) in [7, 11) is 0. The monoisotopic (exact) mass is 921 g/mol. The van der Waals surface area contributed by atoms with E-state index in [1.807, 2.05) is 122 Å². The molecular weight excluding hydrogens is 829 g/mol. The first-order valence-corrected chi connectivity index (χ1v) is 26.2. The van der Waals surface area contributed by atoms with Crippen molar-refractivity contribution in [2.24, 2.45) is 0 Å². The van der Waals surface area contributed by atoms with Crippen LogP contribution in [0, 0.1) is 0 Å². The van der Waals surface area contributed by atoms with E-state index in [0.717, 1.165) is 70.6 Å². The molecule has 0 N–H and O–H groups in total. The predicted octanol–water partition coefficient (Wildman–Crippen LogP) is 17.4. The van der Waals surface area contributed by atoms with Gasteiger partial charge in [0, 0.05) is 19.3 Å². The number of ether oxygens (including phenoxy) is 3. The fraction of sp³-hybridized carbons (Fsp3) is 0.525. The fourth-order valence-electron chi connectivity index (χ4n) is 6.44. The van der Waals surface area contributed by atoms with E-state index in [4.69, 9.17) is 14.2 Å². The second-order valence-corrected chi connectivity index (χ2v) is 16.6. The van der Waals surface area contributed by atoms with Crippen molar-refractivity contribution in [2.45, 2.75) is 194 Å². The molecule has 0 aromatic carbocycles. The molecule has 372 valence electrons. The SMILES string of the molecule is CC\C=C/C=C\C=C/C=C\C=C\C=C/CCCCCC(=O)OCC(COC(=O)CCCCCCCCC/C=C\CCCCCC)OC(=O)CCCCC\C=C/C=C/C=C\C=C/C=C\C=C/CC. The first kappa shape index (κ1) is 62.0. The lowest BCUT2D eigenvalue weighted by atomic mass is 10.1. The van der Waals surface area contributed by atoms with Crippen molar-refractivity contribution in [1.82, 2.24) is 0 Å². The van der Waals surface area contributed by atoms with Crippen molar-refractivity contribution in [3.63, 3.8) is 0 Å². The molecule has 1 unspecified atom stereocenters. The Kier molecular flexibility index (Phi) is 49.7. The van der Waals surface area contributed by atoms with Crippen LogP contribution in [0.3, 0.4) is 0 Å². The molecule has 0 fully saturated rings. The van der Waals surface area contributed by atoms with Crippen molar-refractivity contribution < 1.29 is 28.6 Å². The summed E-state index contributed by atoms with van der Waals surface area (Å²) in [4.78, 5) is 38.0. The molecule has 0 aliphatic heterocycles. The summed E-state index contributed by atoms with van der Waals surface area (Å²) >= 11 is 0. The Labute approximate surface area is 409 Å². The standard InChI is InChI=1S/C61H92O6/c1-4-7-10-13-16-19-22-25-28-30-33-36-39-42-45-48-51-54-60(63)66-57-58(56-65-59(62)53-50-47-44-41-38-35-32-27-24-21-18-15-12-9-6-3)67-61(64)55-52-49-46-43-40-37-34-31-29-26-23-20-17-14-11-8-5-2/h7-8,10-11,13-14,16-17,19-26,28-31,33-34,36-37,39-40,58H,4-6,9,12,15,18,27,32,35,38,41-57H2,1-3H3/b10-7-,11-8-,16-13-,17-14-,22-19-,23-20-,24-21-,28-25-,29-26-,33-30+,34-31+,39-36-,40-37-. The smallest absolute Gasteiger partial charge is 0.306 e.